The monoisotopic (exact) mass is 334 g/mol. The summed E-state index contributed by atoms with van der Waals surface area (Å²) in [5.74, 6) is -4.17. The van der Waals surface area contributed by atoms with Crippen molar-refractivity contribution in [3.8, 4) is 0 Å². The first kappa shape index (κ1) is 17.5. The molecule has 2 aromatic rings. The van der Waals surface area contributed by atoms with Crippen molar-refractivity contribution in [1.29, 1.82) is 0 Å². The molecule has 24 heavy (non-hydrogen) atoms. The van der Waals surface area contributed by atoms with Gasteiger partial charge >= 0.3 is 5.97 Å². The van der Waals surface area contributed by atoms with Crippen LogP contribution in [0.5, 0.6) is 0 Å². The molecule has 3 nitrogen and oxygen atoms in total. The second-order valence-corrected chi connectivity index (χ2v) is 4.96. The fourth-order valence-electron chi connectivity index (χ4n) is 1.93. The number of hydrogen-bond acceptors (Lipinski definition) is 3. The molecule has 0 amide bonds. The highest BCUT2D eigenvalue weighted by Crippen LogP contribution is 2.12. The molecule has 0 bridgehead atoms. The summed E-state index contributed by atoms with van der Waals surface area (Å²) in [7, 11) is 0. The number of carbonyl (C=O) groups excluding carboxylic acids is 2. The molecule has 0 radical (unpaired) electrons. The molecule has 0 heterocycles. The molecule has 0 aromatic heterocycles. The third-order valence-electron chi connectivity index (χ3n) is 3.13. The topological polar surface area (TPSA) is 43.4 Å². The van der Waals surface area contributed by atoms with Crippen LogP contribution in [0.3, 0.4) is 0 Å². The van der Waals surface area contributed by atoms with Gasteiger partial charge in [0, 0.05) is 11.6 Å². The molecule has 2 rings (SSSR count). The largest absolute Gasteiger partial charge is 0.451 e. The summed E-state index contributed by atoms with van der Waals surface area (Å²) >= 11 is 0. The second kappa shape index (κ2) is 7.59. The Morgan fingerprint density at radius 1 is 1.04 bits per heavy atom. The fraction of sp³-hybridized carbons (Fsp3) is 0.111. The summed E-state index contributed by atoms with van der Waals surface area (Å²) in [5.41, 5.74) is 0.342. The summed E-state index contributed by atoms with van der Waals surface area (Å²) in [6, 6.07) is 8.22. The van der Waals surface area contributed by atoms with E-state index in [1.54, 1.807) is 6.07 Å². The van der Waals surface area contributed by atoms with E-state index in [0.29, 0.717) is 5.56 Å². The van der Waals surface area contributed by atoms with Crippen molar-refractivity contribution < 1.29 is 27.5 Å². The Morgan fingerprint density at radius 3 is 2.46 bits per heavy atom. The van der Waals surface area contributed by atoms with Gasteiger partial charge in [0.15, 0.2) is 17.7 Å². The summed E-state index contributed by atoms with van der Waals surface area (Å²) in [6.07, 6.45) is 1.20. The quantitative estimate of drug-likeness (QED) is 0.473. The Morgan fingerprint density at radius 2 is 1.79 bits per heavy atom. The van der Waals surface area contributed by atoms with Crippen molar-refractivity contribution in [2.75, 3.05) is 0 Å². The van der Waals surface area contributed by atoms with Crippen LogP contribution >= 0.6 is 0 Å². The Kier molecular flexibility index (Phi) is 5.52. The lowest BCUT2D eigenvalue weighted by Crippen LogP contribution is -2.23. The molecule has 0 unspecified atom stereocenters. The van der Waals surface area contributed by atoms with Crippen LogP contribution in [0.15, 0.2) is 48.5 Å². The van der Waals surface area contributed by atoms with Crippen LogP contribution in [0.4, 0.5) is 13.2 Å². The Labute approximate surface area is 136 Å². The zero-order valence-electron chi connectivity index (χ0n) is 12.6. The van der Waals surface area contributed by atoms with Crippen LogP contribution < -0.4 is 0 Å². The van der Waals surface area contributed by atoms with E-state index in [4.69, 9.17) is 4.74 Å². The van der Waals surface area contributed by atoms with Gasteiger partial charge in [0.05, 0.1) is 0 Å². The Bertz CT molecular complexity index is 800. The first-order chi connectivity index (χ1) is 11.4. The molecule has 0 N–H and O–H groups in total. The second-order valence-electron chi connectivity index (χ2n) is 4.96. The molecule has 1 atom stereocenters. The average Bonchev–Trinajstić information content (AvgIpc) is 2.55. The maximum atomic E-state index is 13.1. The van der Waals surface area contributed by atoms with E-state index in [1.165, 1.54) is 31.2 Å². The molecule has 0 spiro atoms. The molecule has 0 aliphatic heterocycles. The van der Waals surface area contributed by atoms with E-state index in [2.05, 4.69) is 0 Å². The number of rotatable bonds is 5. The lowest BCUT2D eigenvalue weighted by molar-refractivity contribution is -0.140. The number of carbonyl (C=O) groups is 2. The summed E-state index contributed by atoms with van der Waals surface area (Å²) in [5, 5.41) is 0. The normalized spacial score (nSPS) is 12.2. The number of halogens is 3. The van der Waals surface area contributed by atoms with E-state index in [9.17, 15) is 22.8 Å². The minimum Gasteiger partial charge on any atom is -0.451 e. The molecule has 124 valence electrons. The van der Waals surface area contributed by atoms with Crippen LogP contribution in [0.2, 0.25) is 0 Å². The first-order valence-electron chi connectivity index (χ1n) is 7.00. The first-order valence-corrected chi connectivity index (χ1v) is 7.00. The van der Waals surface area contributed by atoms with Crippen LogP contribution in [0, 0.1) is 17.5 Å². The number of esters is 1. The van der Waals surface area contributed by atoms with Gasteiger partial charge < -0.3 is 4.74 Å². The smallest absolute Gasteiger partial charge is 0.331 e. The maximum absolute atomic E-state index is 13.1. The van der Waals surface area contributed by atoms with Gasteiger partial charge in [-0.05, 0) is 48.9 Å². The van der Waals surface area contributed by atoms with Crippen molar-refractivity contribution in [1.82, 2.24) is 0 Å². The van der Waals surface area contributed by atoms with Gasteiger partial charge in [-0.2, -0.15) is 0 Å². The van der Waals surface area contributed by atoms with Crippen molar-refractivity contribution in [2.24, 2.45) is 0 Å². The molecule has 6 heteroatoms. The Hall–Kier alpha value is -2.89. The van der Waals surface area contributed by atoms with Crippen molar-refractivity contribution in [3.63, 3.8) is 0 Å². The number of benzene rings is 2. The van der Waals surface area contributed by atoms with Gasteiger partial charge in [0.25, 0.3) is 0 Å². The number of ether oxygens (including phenoxy) is 1. The molecule has 0 saturated heterocycles. The number of ketones is 1. The summed E-state index contributed by atoms with van der Waals surface area (Å²) in [4.78, 5) is 23.7. The molecule has 2 aromatic carbocycles. The lowest BCUT2D eigenvalue weighted by Gasteiger charge is -2.11. The van der Waals surface area contributed by atoms with Gasteiger partial charge in [-0.25, -0.2) is 18.0 Å². The lowest BCUT2D eigenvalue weighted by atomic mass is 10.1. The van der Waals surface area contributed by atoms with Gasteiger partial charge in [0.1, 0.15) is 5.82 Å². The van der Waals surface area contributed by atoms with Crippen LogP contribution in [-0.2, 0) is 9.53 Å². The van der Waals surface area contributed by atoms with E-state index in [0.717, 1.165) is 24.3 Å². The van der Waals surface area contributed by atoms with Crippen LogP contribution in [0.1, 0.15) is 22.8 Å². The summed E-state index contributed by atoms with van der Waals surface area (Å²) < 4.78 is 43.9. The highest BCUT2D eigenvalue weighted by atomic mass is 19.2. The molecule has 0 fully saturated rings. The van der Waals surface area contributed by atoms with E-state index in [1.807, 2.05) is 0 Å². The maximum Gasteiger partial charge on any atom is 0.331 e. The van der Waals surface area contributed by atoms with Gasteiger partial charge in [0.2, 0.25) is 5.78 Å². The van der Waals surface area contributed by atoms with E-state index < -0.39 is 35.3 Å². The highest BCUT2D eigenvalue weighted by Gasteiger charge is 2.19. The molecule has 0 saturated carbocycles. The van der Waals surface area contributed by atoms with Gasteiger partial charge in [-0.1, -0.05) is 12.1 Å². The van der Waals surface area contributed by atoms with Crippen molar-refractivity contribution in [2.45, 2.75) is 13.0 Å². The molecular weight excluding hydrogens is 321 g/mol. The van der Waals surface area contributed by atoms with E-state index in [-0.39, 0.29) is 5.56 Å². The molecular formula is C18H13F3O3. The zero-order valence-corrected chi connectivity index (χ0v) is 12.6. The molecule has 0 aliphatic rings. The zero-order chi connectivity index (χ0) is 17.7. The predicted molar refractivity (Wildman–Crippen MR) is 81.7 cm³/mol. The van der Waals surface area contributed by atoms with Crippen LogP contribution in [-0.4, -0.2) is 17.9 Å². The highest BCUT2D eigenvalue weighted by molar-refractivity contribution is 6.01. The minimum absolute atomic E-state index is 0.108. The standard InChI is InChI=1S/C18H13F3O3/c1-11(18(23)13-6-7-15(20)16(21)10-13)24-17(22)8-5-12-3-2-4-14(19)9-12/h2-11H,1H3/b8-5+/t11-/m1/s1. The average molecular weight is 334 g/mol. The minimum atomic E-state index is -1.18. The SMILES string of the molecule is C[C@@H](OC(=O)/C=C/c1cccc(F)c1)C(=O)c1ccc(F)c(F)c1. The van der Waals surface area contributed by atoms with Gasteiger partial charge in [-0.3, -0.25) is 4.79 Å². The van der Waals surface area contributed by atoms with Gasteiger partial charge in [-0.15, -0.1) is 0 Å². The third-order valence-corrected chi connectivity index (χ3v) is 3.13. The fourth-order valence-corrected chi connectivity index (χ4v) is 1.93. The summed E-state index contributed by atoms with van der Waals surface area (Å²) in [6.45, 7) is 1.32. The predicted octanol–water partition coefficient (Wildman–Crippen LogP) is 3.93. The third kappa shape index (κ3) is 4.55. The number of Topliss-reactive ketones (excluding diaryl/α,β-unsaturated/α-hetero) is 1. The van der Waals surface area contributed by atoms with E-state index >= 15 is 0 Å². The molecule has 0 aliphatic carbocycles. The Balaban J connectivity index is 2.00. The van der Waals surface area contributed by atoms with Crippen molar-refractivity contribution >= 4 is 17.8 Å². The number of hydrogen-bond donors (Lipinski definition) is 0. The van der Waals surface area contributed by atoms with Crippen molar-refractivity contribution in [3.05, 3.63) is 77.1 Å². The van der Waals surface area contributed by atoms with Crippen LogP contribution in [0.25, 0.3) is 6.08 Å².